The van der Waals surface area contributed by atoms with E-state index in [0.717, 1.165) is 18.4 Å². The maximum Gasteiger partial charge on any atom is 0.248 e. The summed E-state index contributed by atoms with van der Waals surface area (Å²) in [6.07, 6.45) is 1.65. The monoisotopic (exact) mass is 319 g/mol. The summed E-state index contributed by atoms with van der Waals surface area (Å²) in [5, 5.41) is 2.79. The van der Waals surface area contributed by atoms with Crippen molar-refractivity contribution >= 4 is 11.8 Å². The zero-order valence-electron chi connectivity index (χ0n) is 13.4. The van der Waals surface area contributed by atoms with Crippen LogP contribution in [-0.4, -0.2) is 49.5 Å². The highest BCUT2D eigenvalue weighted by molar-refractivity contribution is 5.81. The van der Waals surface area contributed by atoms with Crippen LogP contribution in [0, 0.1) is 5.92 Å². The predicted octanol–water partition coefficient (Wildman–Crippen LogP) is 0.517. The summed E-state index contributed by atoms with van der Waals surface area (Å²) in [4.78, 5) is 25.9. The van der Waals surface area contributed by atoms with Gasteiger partial charge in [0.05, 0.1) is 12.5 Å². The minimum atomic E-state index is -0.145. The summed E-state index contributed by atoms with van der Waals surface area (Å²) in [5.74, 6) is -0.219. The Bertz CT molecular complexity index is 507. The van der Waals surface area contributed by atoms with E-state index in [1.807, 2.05) is 30.3 Å². The molecule has 1 unspecified atom stereocenters. The van der Waals surface area contributed by atoms with Crippen LogP contribution in [0.5, 0.6) is 0 Å². The van der Waals surface area contributed by atoms with Crippen molar-refractivity contribution in [3.8, 4) is 0 Å². The van der Waals surface area contributed by atoms with E-state index >= 15 is 0 Å². The summed E-state index contributed by atoms with van der Waals surface area (Å²) in [5.41, 5.74) is 6.43. The lowest BCUT2D eigenvalue weighted by atomic mass is 9.97. The average Bonchev–Trinajstić information content (AvgIpc) is 2.60. The Morgan fingerprint density at radius 3 is 2.83 bits per heavy atom. The summed E-state index contributed by atoms with van der Waals surface area (Å²) >= 11 is 0. The number of rotatable bonds is 7. The number of ether oxygens (including phenoxy) is 1. The van der Waals surface area contributed by atoms with Crippen LogP contribution in [0.1, 0.15) is 18.4 Å². The molecule has 1 atom stereocenters. The van der Waals surface area contributed by atoms with Crippen molar-refractivity contribution in [1.29, 1.82) is 0 Å². The van der Waals surface area contributed by atoms with Crippen LogP contribution in [0.3, 0.4) is 0 Å². The van der Waals surface area contributed by atoms with Gasteiger partial charge >= 0.3 is 0 Å². The van der Waals surface area contributed by atoms with E-state index in [4.69, 9.17) is 10.5 Å². The number of amides is 2. The second-order valence-corrected chi connectivity index (χ2v) is 5.74. The first-order valence-corrected chi connectivity index (χ1v) is 8.08. The molecule has 126 valence electrons. The van der Waals surface area contributed by atoms with E-state index in [1.54, 1.807) is 4.90 Å². The first-order chi connectivity index (χ1) is 11.2. The Labute approximate surface area is 137 Å². The van der Waals surface area contributed by atoms with Crippen LogP contribution >= 0.6 is 0 Å². The quantitative estimate of drug-likeness (QED) is 0.767. The number of carbonyl (C=O) groups is 2. The van der Waals surface area contributed by atoms with E-state index < -0.39 is 0 Å². The van der Waals surface area contributed by atoms with Crippen LogP contribution in [-0.2, 0) is 20.9 Å². The summed E-state index contributed by atoms with van der Waals surface area (Å²) in [7, 11) is 0. The Hall–Kier alpha value is -1.92. The lowest BCUT2D eigenvalue weighted by Crippen LogP contribution is -2.47. The molecule has 0 saturated carbocycles. The van der Waals surface area contributed by atoms with Gasteiger partial charge in [-0.15, -0.1) is 0 Å². The molecule has 6 heteroatoms. The number of nitrogens with zero attached hydrogens (tertiary/aromatic N) is 1. The first kappa shape index (κ1) is 17.4. The molecule has 3 N–H and O–H groups in total. The van der Waals surface area contributed by atoms with Crippen molar-refractivity contribution < 1.29 is 14.3 Å². The van der Waals surface area contributed by atoms with Crippen molar-refractivity contribution in [2.75, 3.05) is 32.8 Å². The summed E-state index contributed by atoms with van der Waals surface area (Å²) in [6.45, 7) is 2.52. The number of nitrogens with one attached hydrogen (secondary N) is 1. The largest absolute Gasteiger partial charge is 0.367 e. The molecule has 2 amide bonds. The highest BCUT2D eigenvalue weighted by Gasteiger charge is 2.28. The first-order valence-electron chi connectivity index (χ1n) is 8.08. The smallest absolute Gasteiger partial charge is 0.248 e. The molecule has 1 heterocycles. The Balaban J connectivity index is 1.74. The second-order valence-electron chi connectivity index (χ2n) is 5.74. The Kier molecular flexibility index (Phi) is 7.03. The maximum atomic E-state index is 12.2. The molecule has 23 heavy (non-hydrogen) atoms. The number of benzene rings is 1. The van der Waals surface area contributed by atoms with Crippen molar-refractivity contribution in [1.82, 2.24) is 10.2 Å². The molecular formula is C17H25N3O3. The zero-order valence-corrected chi connectivity index (χ0v) is 13.4. The molecule has 1 saturated heterocycles. The molecule has 6 nitrogen and oxygen atoms in total. The van der Waals surface area contributed by atoms with Crippen LogP contribution in [0.25, 0.3) is 0 Å². The lowest BCUT2D eigenvalue weighted by molar-refractivity contribution is -0.140. The molecule has 1 aliphatic rings. The van der Waals surface area contributed by atoms with Gasteiger partial charge in [0, 0.05) is 26.2 Å². The van der Waals surface area contributed by atoms with Crippen molar-refractivity contribution in [2.45, 2.75) is 19.4 Å². The van der Waals surface area contributed by atoms with Gasteiger partial charge in [0.1, 0.15) is 6.61 Å². The van der Waals surface area contributed by atoms with Gasteiger partial charge in [0.2, 0.25) is 11.8 Å². The second kappa shape index (κ2) is 9.27. The molecule has 1 aromatic rings. The van der Waals surface area contributed by atoms with E-state index in [9.17, 15) is 9.59 Å². The maximum absolute atomic E-state index is 12.2. The van der Waals surface area contributed by atoms with Gasteiger partial charge in [-0.05, 0) is 18.4 Å². The van der Waals surface area contributed by atoms with E-state index in [1.165, 1.54) is 0 Å². The highest BCUT2D eigenvalue weighted by Crippen LogP contribution is 2.17. The van der Waals surface area contributed by atoms with E-state index in [-0.39, 0.29) is 24.3 Å². The topological polar surface area (TPSA) is 84.7 Å². The third-order valence-corrected chi connectivity index (χ3v) is 3.93. The molecule has 0 bridgehead atoms. The molecule has 0 radical (unpaired) electrons. The number of hydrogen-bond donors (Lipinski definition) is 2. The van der Waals surface area contributed by atoms with Gasteiger partial charge in [-0.1, -0.05) is 30.3 Å². The fourth-order valence-corrected chi connectivity index (χ4v) is 2.68. The van der Waals surface area contributed by atoms with E-state index in [0.29, 0.717) is 32.8 Å². The molecule has 0 aliphatic carbocycles. The van der Waals surface area contributed by atoms with Gasteiger partial charge in [-0.2, -0.15) is 0 Å². The van der Waals surface area contributed by atoms with Crippen LogP contribution in [0.2, 0.25) is 0 Å². The standard InChI is InChI=1S/C17H25N3O3/c18-8-9-19-17(22)15-7-4-10-20(11-15)16(21)13-23-12-14-5-2-1-3-6-14/h1-3,5-6,15H,4,7-13,18H2,(H,19,22). The van der Waals surface area contributed by atoms with Gasteiger partial charge in [-0.3, -0.25) is 9.59 Å². The van der Waals surface area contributed by atoms with Crippen LogP contribution < -0.4 is 11.1 Å². The summed E-state index contributed by atoms with van der Waals surface area (Å²) < 4.78 is 5.49. The van der Waals surface area contributed by atoms with Crippen molar-refractivity contribution in [3.63, 3.8) is 0 Å². The highest BCUT2D eigenvalue weighted by atomic mass is 16.5. The molecule has 0 spiro atoms. The van der Waals surface area contributed by atoms with Crippen LogP contribution in [0.4, 0.5) is 0 Å². The average molecular weight is 319 g/mol. The third kappa shape index (κ3) is 5.65. The molecule has 1 aromatic carbocycles. The van der Waals surface area contributed by atoms with Crippen molar-refractivity contribution in [2.24, 2.45) is 11.7 Å². The molecule has 1 aliphatic heterocycles. The lowest BCUT2D eigenvalue weighted by Gasteiger charge is -2.32. The molecule has 1 fully saturated rings. The number of likely N-dealkylation sites (tertiary alicyclic amines) is 1. The number of nitrogens with two attached hydrogens (primary N) is 1. The minimum Gasteiger partial charge on any atom is -0.367 e. The van der Waals surface area contributed by atoms with Gasteiger partial charge < -0.3 is 20.7 Å². The van der Waals surface area contributed by atoms with Crippen LogP contribution in [0.15, 0.2) is 30.3 Å². The normalized spacial score (nSPS) is 17.8. The van der Waals surface area contributed by atoms with Gasteiger partial charge in [0.15, 0.2) is 0 Å². The zero-order chi connectivity index (χ0) is 16.5. The number of hydrogen-bond acceptors (Lipinski definition) is 4. The predicted molar refractivity (Wildman–Crippen MR) is 87.5 cm³/mol. The van der Waals surface area contributed by atoms with Gasteiger partial charge in [-0.25, -0.2) is 0 Å². The van der Waals surface area contributed by atoms with E-state index in [2.05, 4.69) is 5.32 Å². The summed E-state index contributed by atoms with van der Waals surface area (Å²) in [6, 6.07) is 9.75. The molecular weight excluding hydrogens is 294 g/mol. The fourth-order valence-electron chi connectivity index (χ4n) is 2.68. The fraction of sp³-hybridized carbons (Fsp3) is 0.529. The van der Waals surface area contributed by atoms with Crippen molar-refractivity contribution in [3.05, 3.63) is 35.9 Å². The SMILES string of the molecule is NCCNC(=O)C1CCCN(C(=O)COCc2ccccc2)C1. The minimum absolute atomic E-state index is 0.0156. The number of carbonyl (C=O) groups excluding carboxylic acids is 2. The Morgan fingerprint density at radius 1 is 1.30 bits per heavy atom. The van der Waals surface area contributed by atoms with Gasteiger partial charge in [0.25, 0.3) is 0 Å². The molecule has 0 aromatic heterocycles. The Morgan fingerprint density at radius 2 is 2.09 bits per heavy atom. The third-order valence-electron chi connectivity index (χ3n) is 3.93. The number of piperidine rings is 1. The molecule has 2 rings (SSSR count).